The predicted molar refractivity (Wildman–Crippen MR) is 89.1 cm³/mol. The van der Waals surface area contributed by atoms with Crippen molar-refractivity contribution in [2.45, 2.75) is 16.7 Å². The first kappa shape index (κ1) is 19.3. The lowest BCUT2D eigenvalue weighted by molar-refractivity contribution is 0.0576. The van der Waals surface area contributed by atoms with E-state index in [0.717, 1.165) is 20.3 Å². The number of hydrogen-bond donors (Lipinski definition) is 2. The molecule has 0 spiro atoms. The van der Waals surface area contributed by atoms with E-state index in [1.807, 2.05) is 0 Å². The Kier molecular flexibility index (Phi) is 5.22. The van der Waals surface area contributed by atoms with Crippen molar-refractivity contribution >= 4 is 21.8 Å². The van der Waals surface area contributed by atoms with Crippen LogP contribution < -0.4 is 0 Å². The number of methoxy groups -OCH3 is 2. The molecule has 2 aromatic carbocycles. The van der Waals surface area contributed by atoms with Crippen molar-refractivity contribution in [2.75, 3.05) is 14.2 Å². The average Bonchev–Trinajstić information content (AvgIpc) is 2.61. The summed E-state index contributed by atoms with van der Waals surface area (Å²) in [5.41, 5.74) is -1.05. The Balaban J connectivity index is 2.97. The van der Waals surface area contributed by atoms with Gasteiger partial charge in [0.05, 0.1) is 19.1 Å². The normalized spacial score (nSPS) is 11.0. The molecule has 0 aliphatic carbocycles. The number of phenols is 2. The molecule has 0 aliphatic rings. The summed E-state index contributed by atoms with van der Waals surface area (Å²) < 4.78 is 35.2. The van der Waals surface area contributed by atoms with Gasteiger partial charge in [-0.2, -0.15) is 0 Å². The first-order chi connectivity index (χ1) is 12.2. The third-order valence-electron chi connectivity index (χ3n) is 3.68. The predicted octanol–water partition coefficient (Wildman–Crippen LogP) is 1.81. The van der Waals surface area contributed by atoms with Crippen molar-refractivity contribution < 1.29 is 37.7 Å². The minimum Gasteiger partial charge on any atom is -0.507 e. The van der Waals surface area contributed by atoms with Gasteiger partial charge in [-0.3, -0.25) is 0 Å². The number of aromatic hydroxyl groups is 2. The van der Waals surface area contributed by atoms with Crippen LogP contribution in [0.4, 0.5) is 0 Å². The van der Waals surface area contributed by atoms with E-state index in [2.05, 4.69) is 9.47 Å². The van der Waals surface area contributed by atoms with E-state index in [4.69, 9.17) is 0 Å². The summed E-state index contributed by atoms with van der Waals surface area (Å²) in [6.07, 6.45) is 0. The molecule has 2 rings (SSSR count). The number of phenolic OH excluding ortho intramolecular Hbond substituents is 2. The molecule has 0 aliphatic heterocycles. The molecule has 2 N–H and O–H groups in total. The van der Waals surface area contributed by atoms with Crippen LogP contribution >= 0.6 is 0 Å². The summed E-state index contributed by atoms with van der Waals surface area (Å²) in [6.45, 7) is 1.52. The number of carbonyl (C=O) groups is 2. The second-order valence-corrected chi connectivity index (χ2v) is 7.10. The second-order valence-electron chi connectivity index (χ2n) is 5.25. The molecule has 0 saturated heterocycles. The fourth-order valence-electron chi connectivity index (χ4n) is 2.43. The zero-order chi connectivity index (χ0) is 19.6. The molecule has 0 atom stereocenters. The smallest absolute Gasteiger partial charge is 0.343 e. The molecule has 8 nitrogen and oxygen atoms in total. The monoisotopic (exact) mass is 380 g/mol. The van der Waals surface area contributed by atoms with Crippen LogP contribution in [0.1, 0.15) is 26.3 Å². The van der Waals surface area contributed by atoms with Gasteiger partial charge in [0.25, 0.3) is 0 Å². The Morgan fingerprint density at radius 3 is 2.12 bits per heavy atom. The molecule has 2 aromatic rings. The highest BCUT2D eigenvalue weighted by atomic mass is 32.2. The van der Waals surface area contributed by atoms with E-state index in [1.165, 1.54) is 25.1 Å². The van der Waals surface area contributed by atoms with Crippen LogP contribution in [0.25, 0.3) is 0 Å². The van der Waals surface area contributed by atoms with Gasteiger partial charge in [0, 0.05) is 0 Å². The maximum Gasteiger partial charge on any atom is 0.343 e. The van der Waals surface area contributed by atoms with Crippen LogP contribution in [0.2, 0.25) is 0 Å². The number of ether oxygens (including phenoxy) is 2. The highest BCUT2D eigenvalue weighted by Gasteiger charge is 2.35. The minimum absolute atomic E-state index is 0.207. The molecule has 0 unspecified atom stereocenters. The van der Waals surface area contributed by atoms with Crippen LogP contribution in [0.3, 0.4) is 0 Å². The van der Waals surface area contributed by atoms with Gasteiger partial charge in [0.2, 0.25) is 9.84 Å². The third-order valence-corrected chi connectivity index (χ3v) is 5.65. The second kappa shape index (κ2) is 7.04. The van der Waals surface area contributed by atoms with Crippen molar-refractivity contribution in [2.24, 2.45) is 0 Å². The van der Waals surface area contributed by atoms with E-state index in [0.29, 0.717) is 5.56 Å². The molecule has 138 valence electrons. The summed E-state index contributed by atoms with van der Waals surface area (Å²) in [4.78, 5) is 22.7. The van der Waals surface area contributed by atoms with E-state index >= 15 is 0 Å². The quantitative estimate of drug-likeness (QED) is 0.607. The van der Waals surface area contributed by atoms with Crippen molar-refractivity contribution in [3.63, 3.8) is 0 Å². The molecule has 0 saturated carbocycles. The van der Waals surface area contributed by atoms with Gasteiger partial charge in [-0.15, -0.1) is 0 Å². The number of hydrogen-bond acceptors (Lipinski definition) is 8. The molecular formula is C17H16O8S. The Bertz CT molecular complexity index is 992. The third kappa shape index (κ3) is 3.08. The van der Waals surface area contributed by atoms with Crippen molar-refractivity contribution in [1.82, 2.24) is 0 Å². The Labute approximate surface area is 149 Å². The SMILES string of the molecule is COC(=O)c1cc(O)c(C(=O)OC)c(S(=O)(=O)c2ccccc2C)c1O. The topological polar surface area (TPSA) is 127 Å². The highest BCUT2D eigenvalue weighted by Crippen LogP contribution is 2.40. The van der Waals surface area contributed by atoms with Crippen LogP contribution in [0.5, 0.6) is 11.5 Å². The molecule has 9 heteroatoms. The Morgan fingerprint density at radius 2 is 1.58 bits per heavy atom. The number of sulfone groups is 1. The van der Waals surface area contributed by atoms with Gasteiger partial charge < -0.3 is 19.7 Å². The molecular weight excluding hydrogens is 364 g/mol. The summed E-state index contributed by atoms with van der Waals surface area (Å²) in [5.74, 6) is -4.14. The minimum atomic E-state index is -4.49. The van der Waals surface area contributed by atoms with Gasteiger partial charge in [-0.25, -0.2) is 18.0 Å². The number of carbonyl (C=O) groups excluding carboxylic acids is 2. The maximum atomic E-state index is 13.1. The van der Waals surface area contributed by atoms with Crippen molar-refractivity contribution in [1.29, 1.82) is 0 Å². The molecule has 26 heavy (non-hydrogen) atoms. The zero-order valence-corrected chi connectivity index (χ0v) is 15.0. The lowest BCUT2D eigenvalue weighted by Crippen LogP contribution is -2.15. The van der Waals surface area contributed by atoms with Crippen LogP contribution in [-0.4, -0.2) is 44.8 Å². The van der Waals surface area contributed by atoms with Crippen LogP contribution in [0.15, 0.2) is 40.1 Å². The van der Waals surface area contributed by atoms with E-state index in [-0.39, 0.29) is 4.90 Å². The number of esters is 2. The zero-order valence-electron chi connectivity index (χ0n) is 14.1. The van der Waals surface area contributed by atoms with Gasteiger partial charge in [0.15, 0.2) is 0 Å². The molecule has 0 amide bonds. The largest absolute Gasteiger partial charge is 0.507 e. The molecule has 0 radical (unpaired) electrons. The molecule has 0 aromatic heterocycles. The van der Waals surface area contributed by atoms with Gasteiger partial charge in [0.1, 0.15) is 27.5 Å². The summed E-state index contributed by atoms with van der Waals surface area (Å²) in [7, 11) is -2.49. The maximum absolute atomic E-state index is 13.1. The van der Waals surface area contributed by atoms with Crippen LogP contribution in [-0.2, 0) is 19.3 Å². The summed E-state index contributed by atoms with van der Waals surface area (Å²) in [5, 5.41) is 20.6. The first-order valence-electron chi connectivity index (χ1n) is 7.23. The molecule has 0 fully saturated rings. The fraction of sp³-hybridized carbons (Fsp3) is 0.176. The van der Waals surface area contributed by atoms with Gasteiger partial charge in [-0.05, 0) is 24.6 Å². The van der Waals surface area contributed by atoms with Crippen LogP contribution in [0, 0.1) is 6.92 Å². The summed E-state index contributed by atoms with van der Waals surface area (Å²) in [6, 6.07) is 6.60. The lowest BCUT2D eigenvalue weighted by atomic mass is 10.1. The number of aryl methyl sites for hydroxylation is 1. The molecule has 0 bridgehead atoms. The van der Waals surface area contributed by atoms with E-state index in [1.54, 1.807) is 6.07 Å². The highest BCUT2D eigenvalue weighted by molar-refractivity contribution is 7.91. The number of rotatable bonds is 4. The van der Waals surface area contributed by atoms with Gasteiger partial charge in [-0.1, -0.05) is 18.2 Å². The fourth-order valence-corrected chi connectivity index (χ4v) is 4.22. The first-order valence-corrected chi connectivity index (χ1v) is 8.71. The van der Waals surface area contributed by atoms with Crippen molar-refractivity contribution in [3.05, 3.63) is 47.0 Å². The molecule has 0 heterocycles. The van der Waals surface area contributed by atoms with E-state index in [9.17, 15) is 28.2 Å². The number of benzene rings is 2. The van der Waals surface area contributed by atoms with Crippen molar-refractivity contribution in [3.8, 4) is 11.5 Å². The average molecular weight is 380 g/mol. The Hall–Kier alpha value is -3.07. The Morgan fingerprint density at radius 1 is 1.00 bits per heavy atom. The summed E-state index contributed by atoms with van der Waals surface area (Å²) >= 11 is 0. The van der Waals surface area contributed by atoms with E-state index < -0.39 is 49.3 Å². The lowest BCUT2D eigenvalue weighted by Gasteiger charge is -2.16. The standard InChI is InChI=1S/C17H16O8S/c1-9-6-4-5-7-12(9)26(22,23)15-13(17(21)25-3)11(18)8-10(14(15)19)16(20)24-2/h4-8,18-19H,1-3H3. The van der Waals surface area contributed by atoms with Gasteiger partial charge >= 0.3 is 11.9 Å².